The first kappa shape index (κ1) is 35.5. The molecule has 2 aromatic rings. The number of aromatic hydroxyl groups is 1. The number of carboxylic acids is 1. The van der Waals surface area contributed by atoms with Crippen LogP contribution in [0.25, 0.3) is 0 Å². The van der Waals surface area contributed by atoms with E-state index >= 15 is 0 Å². The van der Waals surface area contributed by atoms with Gasteiger partial charge in [-0.1, -0.05) is 24.3 Å². The van der Waals surface area contributed by atoms with Gasteiger partial charge >= 0.3 is 35.8 Å². The number of carboxylic acid groups (broad SMARTS) is 1. The zero-order chi connectivity index (χ0) is 31.2. The summed E-state index contributed by atoms with van der Waals surface area (Å²) in [7, 11) is 2.36. The van der Waals surface area contributed by atoms with Crippen LogP contribution in [0.2, 0.25) is 0 Å². The van der Waals surface area contributed by atoms with E-state index in [-0.39, 0.29) is 29.2 Å². The summed E-state index contributed by atoms with van der Waals surface area (Å²) < 4.78 is 23.0. The van der Waals surface area contributed by atoms with E-state index in [0.29, 0.717) is 12.7 Å². The molecule has 0 unspecified atom stereocenters. The molecule has 220 valence electrons. The molecule has 0 saturated heterocycles. The zero-order valence-corrected chi connectivity index (χ0v) is 22.7. The van der Waals surface area contributed by atoms with E-state index in [2.05, 4.69) is 9.47 Å². The van der Waals surface area contributed by atoms with Crippen molar-refractivity contribution in [1.29, 1.82) is 0 Å². The molecule has 0 aliphatic carbocycles. The lowest BCUT2D eigenvalue weighted by molar-refractivity contribution is -0.136. The molecule has 13 heteroatoms. The highest BCUT2D eigenvalue weighted by molar-refractivity contribution is 5.96. The van der Waals surface area contributed by atoms with Crippen LogP contribution in [0.3, 0.4) is 0 Å². The molecule has 2 N–H and O–H groups in total. The van der Waals surface area contributed by atoms with Crippen molar-refractivity contribution in [2.75, 3.05) is 27.4 Å². The maximum Gasteiger partial charge on any atom is 0.341 e. The van der Waals surface area contributed by atoms with E-state index < -0.39 is 35.8 Å². The number of hydrogen-bond donors (Lipinski definition) is 2. The first-order chi connectivity index (χ1) is 19.5. The molecule has 0 aliphatic rings. The number of benzene rings is 2. The summed E-state index contributed by atoms with van der Waals surface area (Å²) in [5.74, 6) is -4.38. The fraction of sp³-hybridized carbons (Fsp3) is 0.214. The van der Waals surface area contributed by atoms with Gasteiger partial charge in [-0.05, 0) is 38.1 Å². The topological polar surface area (TPSA) is 189 Å². The second-order valence-corrected chi connectivity index (χ2v) is 6.93. The Hall–Kier alpha value is -5.46. The van der Waals surface area contributed by atoms with Crippen LogP contribution in [0.5, 0.6) is 11.5 Å². The minimum Gasteiger partial charge on any atom is -0.507 e. The van der Waals surface area contributed by atoms with E-state index in [0.717, 1.165) is 18.2 Å². The molecule has 2 aromatic carbocycles. The second-order valence-electron chi connectivity index (χ2n) is 6.93. The molecule has 41 heavy (non-hydrogen) atoms. The highest BCUT2D eigenvalue weighted by Crippen LogP contribution is 2.19. The van der Waals surface area contributed by atoms with Crippen LogP contribution < -0.4 is 4.74 Å². The summed E-state index contributed by atoms with van der Waals surface area (Å²) in [4.78, 5) is 64.9. The summed E-state index contributed by atoms with van der Waals surface area (Å²) in [6.45, 7) is 3.92. The number of aliphatic carboxylic acids is 1. The molecule has 0 radical (unpaired) electrons. The average molecular weight is 575 g/mol. The predicted octanol–water partition coefficient (Wildman–Crippen LogP) is 2.87. The van der Waals surface area contributed by atoms with Gasteiger partial charge in [0.15, 0.2) is 0 Å². The van der Waals surface area contributed by atoms with E-state index in [1.807, 2.05) is 0 Å². The number of methoxy groups -OCH3 is 2. The highest BCUT2D eigenvalue weighted by Gasteiger charge is 2.15. The lowest BCUT2D eigenvalue weighted by Crippen LogP contribution is -2.11. The zero-order valence-electron chi connectivity index (χ0n) is 22.7. The van der Waals surface area contributed by atoms with Crippen LogP contribution in [-0.2, 0) is 38.1 Å². The number of phenols is 1. The smallest absolute Gasteiger partial charge is 0.341 e. The molecule has 0 spiro atoms. The minimum absolute atomic E-state index is 0.0454. The van der Waals surface area contributed by atoms with Gasteiger partial charge in [-0.25, -0.2) is 28.8 Å². The number of rotatable bonds is 9. The lowest BCUT2D eigenvalue weighted by Gasteiger charge is -2.07. The van der Waals surface area contributed by atoms with Crippen LogP contribution in [0, 0.1) is 0 Å². The number of phenolic OH excluding ortho intramolecular Hbond substituents is 1. The fourth-order valence-corrected chi connectivity index (χ4v) is 2.34. The number of para-hydroxylation sites is 2. The van der Waals surface area contributed by atoms with Crippen molar-refractivity contribution in [3.05, 3.63) is 84.0 Å². The molecule has 0 bridgehead atoms. The van der Waals surface area contributed by atoms with Crippen molar-refractivity contribution >= 4 is 35.8 Å². The van der Waals surface area contributed by atoms with Gasteiger partial charge < -0.3 is 33.9 Å². The first-order valence-electron chi connectivity index (χ1n) is 11.7. The Labute approximate surface area is 235 Å². The number of hydrogen-bond acceptors (Lipinski definition) is 12. The van der Waals surface area contributed by atoms with Gasteiger partial charge in [-0.2, -0.15) is 0 Å². The average Bonchev–Trinajstić information content (AvgIpc) is 2.96. The Kier molecular flexibility index (Phi) is 17.8. The molecule has 0 aliphatic heterocycles. The third kappa shape index (κ3) is 15.5. The highest BCUT2D eigenvalue weighted by atomic mass is 16.6. The molecule has 0 fully saturated rings. The van der Waals surface area contributed by atoms with Gasteiger partial charge in [-0.3, -0.25) is 0 Å². The van der Waals surface area contributed by atoms with Crippen LogP contribution >= 0.6 is 0 Å². The predicted molar refractivity (Wildman–Crippen MR) is 142 cm³/mol. The fourth-order valence-electron chi connectivity index (χ4n) is 2.34. The van der Waals surface area contributed by atoms with Gasteiger partial charge in [0.05, 0.1) is 27.4 Å². The quantitative estimate of drug-likeness (QED) is 0.193. The standard InChI is InChI=1S/C14H14O6.C9H10O3.C5H6O4/c1-3-19-14(17)10-6-4-5-7-11(10)20-13(16)9-8-12(15)18-2;1-2-12-9(11)7-5-3-4-6-8(7)10;1-9-5(8)3-2-4(6)7/h4-9H,3H2,1-2H3;3-6,10H,2H2,1H3;2-3H,1H3,(H,6,7)/b9-8+;;3-2+. The van der Waals surface area contributed by atoms with Gasteiger partial charge in [-0.15, -0.1) is 0 Å². The van der Waals surface area contributed by atoms with Crippen LogP contribution in [0.1, 0.15) is 34.6 Å². The number of ether oxygens (including phenoxy) is 5. The van der Waals surface area contributed by atoms with Crippen LogP contribution in [0.15, 0.2) is 72.8 Å². The molecular weight excluding hydrogens is 544 g/mol. The maximum absolute atomic E-state index is 11.7. The maximum atomic E-state index is 11.7. The van der Waals surface area contributed by atoms with Crippen molar-refractivity contribution in [1.82, 2.24) is 0 Å². The molecular formula is C28H30O13. The van der Waals surface area contributed by atoms with Crippen molar-refractivity contribution in [3.8, 4) is 11.5 Å². The monoisotopic (exact) mass is 574 g/mol. The van der Waals surface area contributed by atoms with Crippen molar-refractivity contribution < 1.29 is 62.7 Å². The van der Waals surface area contributed by atoms with E-state index in [1.54, 1.807) is 38.1 Å². The van der Waals surface area contributed by atoms with Crippen molar-refractivity contribution in [3.63, 3.8) is 0 Å². The summed E-state index contributed by atoms with van der Waals surface area (Å²) in [5, 5.41) is 17.2. The summed E-state index contributed by atoms with van der Waals surface area (Å²) in [6, 6.07) is 12.5. The Morgan fingerprint density at radius 1 is 0.659 bits per heavy atom. The largest absolute Gasteiger partial charge is 0.507 e. The van der Waals surface area contributed by atoms with Crippen LogP contribution in [0.4, 0.5) is 0 Å². The van der Waals surface area contributed by atoms with Crippen LogP contribution in [-0.4, -0.2) is 73.5 Å². The van der Waals surface area contributed by atoms with Crippen molar-refractivity contribution in [2.24, 2.45) is 0 Å². The minimum atomic E-state index is -1.17. The second kappa shape index (κ2) is 20.5. The SMILES string of the molecule is CCOC(=O)c1ccccc1O.CCOC(=O)c1ccccc1OC(=O)/C=C/C(=O)OC.COC(=O)/C=C/C(=O)O. The number of carbonyl (C=O) groups is 6. The van der Waals surface area contributed by atoms with Gasteiger partial charge in [0.1, 0.15) is 22.6 Å². The van der Waals surface area contributed by atoms with Gasteiger partial charge in [0, 0.05) is 24.3 Å². The Morgan fingerprint density at radius 3 is 1.59 bits per heavy atom. The molecule has 13 nitrogen and oxygen atoms in total. The van der Waals surface area contributed by atoms with E-state index in [1.165, 1.54) is 38.5 Å². The number of esters is 5. The number of carbonyl (C=O) groups excluding carboxylic acids is 5. The van der Waals surface area contributed by atoms with Crippen molar-refractivity contribution in [2.45, 2.75) is 13.8 Å². The molecule has 0 aromatic heterocycles. The summed E-state index contributed by atoms with van der Waals surface area (Å²) in [6.07, 6.45) is 3.39. The Balaban J connectivity index is 0.000000646. The molecule has 0 amide bonds. The molecule has 0 heterocycles. The molecule has 0 atom stereocenters. The third-order valence-corrected chi connectivity index (χ3v) is 4.11. The molecule has 2 rings (SSSR count). The summed E-state index contributed by atoms with van der Waals surface area (Å²) >= 11 is 0. The first-order valence-corrected chi connectivity index (χ1v) is 11.7. The van der Waals surface area contributed by atoms with Gasteiger partial charge in [0.25, 0.3) is 0 Å². The van der Waals surface area contributed by atoms with Gasteiger partial charge in [0.2, 0.25) is 0 Å². The normalized spacial score (nSPS) is 9.76. The Morgan fingerprint density at radius 2 is 1.10 bits per heavy atom. The van der Waals surface area contributed by atoms with E-state index in [9.17, 15) is 33.9 Å². The third-order valence-electron chi connectivity index (χ3n) is 4.11. The molecule has 0 saturated carbocycles. The lowest BCUT2D eigenvalue weighted by atomic mass is 10.2. The Bertz CT molecular complexity index is 1250. The van der Waals surface area contributed by atoms with E-state index in [4.69, 9.17) is 19.3 Å². The summed E-state index contributed by atoms with van der Waals surface area (Å²) in [5.41, 5.74) is 0.341.